The fourth-order valence-corrected chi connectivity index (χ4v) is 2.15. The largest absolute Gasteiger partial charge is 0.316 e. The second-order valence-corrected chi connectivity index (χ2v) is 4.56. The Morgan fingerprint density at radius 2 is 2.08 bits per heavy atom. The van der Waals surface area contributed by atoms with E-state index in [-0.39, 0.29) is 0 Å². The number of rotatable bonds is 3. The maximum absolute atomic E-state index is 3.34. The monoisotopic (exact) mass is 184 g/mol. The van der Waals surface area contributed by atoms with Gasteiger partial charge < -0.3 is 5.32 Å². The lowest BCUT2D eigenvalue weighted by Crippen LogP contribution is -2.49. The zero-order valence-corrected chi connectivity index (χ0v) is 9.51. The zero-order chi connectivity index (χ0) is 9.84. The highest BCUT2D eigenvalue weighted by Gasteiger charge is 2.23. The standard InChI is InChI=1S/C11H24N2/c1-9-6-5-7-13(8-9)11(3)10(2)12-4/h9-12H,5-8H2,1-4H3. The molecule has 1 N–H and O–H groups in total. The third-order valence-electron chi connectivity index (χ3n) is 3.44. The first-order valence-electron chi connectivity index (χ1n) is 5.56. The third-order valence-corrected chi connectivity index (χ3v) is 3.44. The molecule has 0 aromatic heterocycles. The number of nitrogens with zero attached hydrogens (tertiary/aromatic N) is 1. The first-order chi connectivity index (χ1) is 6.15. The van der Waals surface area contributed by atoms with Crippen LogP contribution in [0.15, 0.2) is 0 Å². The van der Waals surface area contributed by atoms with Crippen molar-refractivity contribution in [1.82, 2.24) is 10.2 Å². The Morgan fingerprint density at radius 3 is 2.62 bits per heavy atom. The van der Waals surface area contributed by atoms with Gasteiger partial charge in [-0.05, 0) is 46.2 Å². The van der Waals surface area contributed by atoms with E-state index < -0.39 is 0 Å². The Balaban J connectivity index is 2.41. The molecule has 0 amide bonds. The molecule has 0 radical (unpaired) electrons. The molecule has 13 heavy (non-hydrogen) atoms. The van der Waals surface area contributed by atoms with Crippen LogP contribution in [-0.2, 0) is 0 Å². The molecule has 0 saturated carbocycles. The van der Waals surface area contributed by atoms with Crippen molar-refractivity contribution in [3.8, 4) is 0 Å². The van der Waals surface area contributed by atoms with Gasteiger partial charge in [-0.3, -0.25) is 4.90 Å². The summed E-state index contributed by atoms with van der Waals surface area (Å²) in [4.78, 5) is 2.62. The molecule has 0 aromatic rings. The number of hydrogen-bond acceptors (Lipinski definition) is 2. The fourth-order valence-electron chi connectivity index (χ4n) is 2.15. The van der Waals surface area contributed by atoms with Crippen molar-refractivity contribution >= 4 is 0 Å². The van der Waals surface area contributed by atoms with E-state index in [1.54, 1.807) is 0 Å². The van der Waals surface area contributed by atoms with Crippen LogP contribution >= 0.6 is 0 Å². The van der Waals surface area contributed by atoms with Crippen LogP contribution in [0.1, 0.15) is 33.6 Å². The van der Waals surface area contributed by atoms with Gasteiger partial charge in [0, 0.05) is 18.6 Å². The molecule has 1 heterocycles. The van der Waals surface area contributed by atoms with Crippen LogP contribution in [0.5, 0.6) is 0 Å². The van der Waals surface area contributed by atoms with E-state index in [9.17, 15) is 0 Å². The molecule has 3 atom stereocenters. The van der Waals surface area contributed by atoms with E-state index in [2.05, 4.69) is 38.0 Å². The number of hydrogen-bond donors (Lipinski definition) is 1. The summed E-state index contributed by atoms with van der Waals surface area (Å²) in [6.07, 6.45) is 2.79. The van der Waals surface area contributed by atoms with Crippen molar-refractivity contribution < 1.29 is 0 Å². The molecule has 3 unspecified atom stereocenters. The smallest absolute Gasteiger partial charge is 0.0218 e. The van der Waals surface area contributed by atoms with Gasteiger partial charge in [0.05, 0.1) is 0 Å². The van der Waals surface area contributed by atoms with Crippen LogP contribution in [0.4, 0.5) is 0 Å². The van der Waals surface area contributed by atoms with Crippen LogP contribution in [0.25, 0.3) is 0 Å². The SMILES string of the molecule is CNC(C)C(C)N1CCCC(C)C1. The average Bonchev–Trinajstić information content (AvgIpc) is 2.15. The second-order valence-electron chi connectivity index (χ2n) is 4.56. The van der Waals surface area contributed by atoms with Crippen LogP contribution in [-0.4, -0.2) is 37.1 Å². The van der Waals surface area contributed by atoms with Crippen molar-refractivity contribution in [2.24, 2.45) is 5.92 Å². The maximum Gasteiger partial charge on any atom is 0.0218 e. The van der Waals surface area contributed by atoms with Crippen molar-refractivity contribution in [3.05, 3.63) is 0 Å². The van der Waals surface area contributed by atoms with E-state index in [4.69, 9.17) is 0 Å². The minimum absolute atomic E-state index is 0.602. The highest BCUT2D eigenvalue weighted by Crippen LogP contribution is 2.18. The van der Waals surface area contributed by atoms with Crippen molar-refractivity contribution in [1.29, 1.82) is 0 Å². The number of likely N-dealkylation sites (N-methyl/N-ethyl adjacent to an activating group) is 1. The topological polar surface area (TPSA) is 15.3 Å². The van der Waals surface area contributed by atoms with E-state index in [1.165, 1.54) is 25.9 Å². The Labute approximate surface area is 82.7 Å². The Morgan fingerprint density at radius 1 is 1.38 bits per heavy atom. The van der Waals surface area contributed by atoms with Crippen molar-refractivity contribution in [2.45, 2.75) is 45.7 Å². The van der Waals surface area contributed by atoms with Gasteiger partial charge in [-0.15, -0.1) is 0 Å². The number of piperidine rings is 1. The molecule has 1 aliphatic rings. The molecule has 1 rings (SSSR count). The van der Waals surface area contributed by atoms with Crippen LogP contribution in [0.2, 0.25) is 0 Å². The summed E-state index contributed by atoms with van der Waals surface area (Å²) in [5, 5.41) is 3.34. The number of nitrogens with one attached hydrogen (secondary N) is 1. The third kappa shape index (κ3) is 2.96. The molecular formula is C11H24N2. The van der Waals surface area contributed by atoms with Crippen molar-refractivity contribution in [3.63, 3.8) is 0 Å². The quantitative estimate of drug-likeness (QED) is 0.718. The summed E-state index contributed by atoms with van der Waals surface area (Å²) >= 11 is 0. The lowest BCUT2D eigenvalue weighted by Gasteiger charge is -2.38. The van der Waals surface area contributed by atoms with Gasteiger partial charge in [0.1, 0.15) is 0 Å². The van der Waals surface area contributed by atoms with Gasteiger partial charge in [0.15, 0.2) is 0 Å². The molecule has 1 aliphatic heterocycles. The van der Waals surface area contributed by atoms with E-state index in [1.807, 2.05) is 0 Å². The van der Waals surface area contributed by atoms with Gasteiger partial charge in [0.25, 0.3) is 0 Å². The first-order valence-corrected chi connectivity index (χ1v) is 5.56. The highest BCUT2D eigenvalue weighted by molar-refractivity contribution is 4.80. The van der Waals surface area contributed by atoms with Gasteiger partial charge in [-0.2, -0.15) is 0 Å². The second kappa shape index (κ2) is 4.97. The molecule has 2 nitrogen and oxygen atoms in total. The summed E-state index contributed by atoms with van der Waals surface area (Å²) in [6, 6.07) is 1.28. The molecule has 1 fully saturated rings. The maximum atomic E-state index is 3.34. The molecule has 2 heteroatoms. The van der Waals surface area contributed by atoms with Gasteiger partial charge in [-0.1, -0.05) is 6.92 Å². The Kier molecular flexibility index (Phi) is 4.20. The van der Waals surface area contributed by atoms with Crippen molar-refractivity contribution in [2.75, 3.05) is 20.1 Å². The van der Waals surface area contributed by atoms with Crippen LogP contribution < -0.4 is 5.32 Å². The lowest BCUT2D eigenvalue weighted by atomic mass is 9.97. The van der Waals surface area contributed by atoms with Crippen LogP contribution in [0.3, 0.4) is 0 Å². The predicted molar refractivity (Wildman–Crippen MR) is 58.0 cm³/mol. The average molecular weight is 184 g/mol. The lowest BCUT2D eigenvalue weighted by molar-refractivity contribution is 0.119. The summed E-state index contributed by atoms with van der Waals surface area (Å²) < 4.78 is 0. The summed E-state index contributed by atoms with van der Waals surface area (Å²) in [6.45, 7) is 9.54. The van der Waals surface area contributed by atoms with E-state index >= 15 is 0 Å². The molecule has 0 spiro atoms. The minimum atomic E-state index is 0.602. The first kappa shape index (κ1) is 11.0. The molecule has 78 valence electrons. The summed E-state index contributed by atoms with van der Waals surface area (Å²) in [7, 11) is 2.05. The predicted octanol–water partition coefficient (Wildman–Crippen LogP) is 1.71. The molecule has 0 aromatic carbocycles. The zero-order valence-electron chi connectivity index (χ0n) is 9.51. The van der Waals surface area contributed by atoms with Gasteiger partial charge in [-0.25, -0.2) is 0 Å². The van der Waals surface area contributed by atoms with Gasteiger partial charge in [0.2, 0.25) is 0 Å². The molecule has 1 saturated heterocycles. The van der Waals surface area contributed by atoms with E-state index in [0.29, 0.717) is 12.1 Å². The van der Waals surface area contributed by atoms with Crippen LogP contribution in [0, 0.1) is 5.92 Å². The Bertz CT molecular complexity index is 147. The molecule has 0 aliphatic carbocycles. The van der Waals surface area contributed by atoms with Gasteiger partial charge >= 0.3 is 0 Å². The minimum Gasteiger partial charge on any atom is -0.316 e. The summed E-state index contributed by atoms with van der Waals surface area (Å²) in [5.74, 6) is 0.889. The highest BCUT2D eigenvalue weighted by atomic mass is 15.2. The Hall–Kier alpha value is -0.0800. The fraction of sp³-hybridized carbons (Fsp3) is 1.00. The summed E-state index contributed by atoms with van der Waals surface area (Å²) in [5.41, 5.74) is 0. The van der Waals surface area contributed by atoms with E-state index in [0.717, 1.165) is 5.92 Å². The molecular weight excluding hydrogens is 160 g/mol. The number of likely N-dealkylation sites (tertiary alicyclic amines) is 1. The normalized spacial score (nSPS) is 30.0. The molecule has 0 bridgehead atoms.